The van der Waals surface area contributed by atoms with E-state index >= 15 is 0 Å². The number of nitrogens with one attached hydrogen (secondary N) is 1. The van der Waals surface area contributed by atoms with Crippen molar-refractivity contribution >= 4 is 11.6 Å². The van der Waals surface area contributed by atoms with E-state index in [1.54, 1.807) is 0 Å². The predicted molar refractivity (Wildman–Crippen MR) is 64.4 cm³/mol. The molecule has 0 atom stereocenters. The molecular weight excluding hydrogens is 261 g/mol. The summed E-state index contributed by atoms with van der Waals surface area (Å²) in [7, 11) is 0. The Morgan fingerprint density at radius 1 is 1.42 bits per heavy atom. The van der Waals surface area contributed by atoms with Gasteiger partial charge in [-0.2, -0.15) is 0 Å². The highest BCUT2D eigenvalue weighted by molar-refractivity contribution is 5.90. The maximum Gasteiger partial charge on any atom is 0.261 e. The maximum absolute atomic E-state index is 13.1. The van der Waals surface area contributed by atoms with Crippen molar-refractivity contribution in [2.24, 2.45) is 5.73 Å². The molecule has 0 radical (unpaired) electrons. The van der Waals surface area contributed by atoms with Crippen molar-refractivity contribution in [3.05, 3.63) is 29.6 Å². The normalized spacial score (nSPS) is 10.8. The molecular formula is C12H15F3N2O2. The Hall–Kier alpha value is -1.60. The highest BCUT2D eigenvalue weighted by Crippen LogP contribution is 2.14. The van der Waals surface area contributed by atoms with Gasteiger partial charge in [0.1, 0.15) is 12.4 Å². The first-order valence-electron chi connectivity index (χ1n) is 5.67. The molecule has 0 unspecified atom stereocenters. The average molecular weight is 276 g/mol. The molecule has 0 bridgehead atoms. The zero-order valence-electron chi connectivity index (χ0n) is 10.2. The first-order valence-corrected chi connectivity index (χ1v) is 5.67. The van der Waals surface area contributed by atoms with Gasteiger partial charge in [0.05, 0.1) is 13.0 Å². The molecule has 3 N–H and O–H groups in total. The second-order valence-electron chi connectivity index (χ2n) is 3.77. The van der Waals surface area contributed by atoms with Crippen molar-refractivity contribution in [3.8, 4) is 0 Å². The van der Waals surface area contributed by atoms with Crippen LogP contribution in [0.1, 0.15) is 12.0 Å². The number of ether oxygens (including phenoxy) is 1. The van der Waals surface area contributed by atoms with Gasteiger partial charge in [-0.3, -0.25) is 4.79 Å². The highest BCUT2D eigenvalue weighted by Gasteiger charge is 2.07. The molecule has 0 aromatic heterocycles. The molecule has 0 saturated heterocycles. The molecule has 7 heteroatoms. The van der Waals surface area contributed by atoms with Crippen LogP contribution in [0.15, 0.2) is 18.2 Å². The standard InChI is InChI=1S/C12H15F3N2O2/c13-10-2-1-9(5-8(10)6-16)17-12(18)3-4-19-7-11(14)15/h1-2,5,11H,3-4,6-7,16H2,(H,17,18). The van der Waals surface area contributed by atoms with Crippen LogP contribution < -0.4 is 11.1 Å². The molecule has 1 aromatic carbocycles. The second kappa shape index (κ2) is 7.75. The molecule has 0 saturated carbocycles. The summed E-state index contributed by atoms with van der Waals surface area (Å²) < 4.78 is 41.2. The third kappa shape index (κ3) is 5.71. The third-order valence-electron chi connectivity index (χ3n) is 2.27. The SMILES string of the molecule is NCc1cc(NC(=O)CCOCC(F)F)ccc1F. The quantitative estimate of drug-likeness (QED) is 0.747. The molecule has 0 fully saturated rings. The molecule has 0 heterocycles. The van der Waals surface area contributed by atoms with Gasteiger partial charge in [-0.1, -0.05) is 0 Å². The first-order chi connectivity index (χ1) is 9.02. The molecule has 0 aliphatic heterocycles. The topological polar surface area (TPSA) is 64.3 Å². The summed E-state index contributed by atoms with van der Waals surface area (Å²) in [6.07, 6.45) is -2.60. The Morgan fingerprint density at radius 3 is 2.79 bits per heavy atom. The van der Waals surface area contributed by atoms with Crippen molar-refractivity contribution in [1.29, 1.82) is 0 Å². The van der Waals surface area contributed by atoms with Gasteiger partial charge in [0.25, 0.3) is 6.43 Å². The molecule has 1 rings (SSSR count). The molecule has 1 amide bonds. The number of amides is 1. The van der Waals surface area contributed by atoms with Gasteiger partial charge in [0.15, 0.2) is 0 Å². The van der Waals surface area contributed by atoms with Crippen LogP contribution in [0.2, 0.25) is 0 Å². The fraction of sp³-hybridized carbons (Fsp3) is 0.417. The fourth-order valence-corrected chi connectivity index (χ4v) is 1.37. The summed E-state index contributed by atoms with van der Waals surface area (Å²) in [5, 5.41) is 2.50. The number of benzene rings is 1. The van der Waals surface area contributed by atoms with Crippen molar-refractivity contribution < 1.29 is 22.7 Å². The number of rotatable bonds is 7. The van der Waals surface area contributed by atoms with Gasteiger partial charge in [-0.15, -0.1) is 0 Å². The number of carbonyl (C=O) groups is 1. The Balaban J connectivity index is 2.40. The molecule has 19 heavy (non-hydrogen) atoms. The van der Waals surface area contributed by atoms with Gasteiger partial charge in [-0.05, 0) is 18.2 Å². The van der Waals surface area contributed by atoms with E-state index < -0.39 is 24.8 Å². The Bertz CT molecular complexity index is 427. The van der Waals surface area contributed by atoms with E-state index in [9.17, 15) is 18.0 Å². The minimum absolute atomic E-state index is 0.0209. The minimum Gasteiger partial charge on any atom is -0.375 e. The van der Waals surface area contributed by atoms with Crippen molar-refractivity contribution in [2.75, 3.05) is 18.5 Å². The summed E-state index contributed by atoms with van der Waals surface area (Å²) in [5.41, 5.74) is 6.02. The van der Waals surface area contributed by atoms with E-state index in [4.69, 9.17) is 5.73 Å². The van der Waals surface area contributed by atoms with E-state index in [-0.39, 0.29) is 25.1 Å². The third-order valence-corrected chi connectivity index (χ3v) is 2.27. The Labute approximate surface area is 108 Å². The van der Waals surface area contributed by atoms with Crippen LogP contribution in [-0.4, -0.2) is 25.5 Å². The lowest BCUT2D eigenvalue weighted by molar-refractivity contribution is -0.117. The number of nitrogens with two attached hydrogens (primary N) is 1. The number of carbonyl (C=O) groups excluding carboxylic acids is 1. The van der Waals surface area contributed by atoms with E-state index in [1.165, 1.54) is 18.2 Å². The van der Waals surface area contributed by atoms with Crippen LogP contribution in [0.5, 0.6) is 0 Å². The van der Waals surface area contributed by atoms with E-state index in [1.807, 2.05) is 0 Å². The van der Waals surface area contributed by atoms with E-state index in [0.717, 1.165) is 0 Å². The second-order valence-corrected chi connectivity index (χ2v) is 3.77. The summed E-state index contributed by atoms with van der Waals surface area (Å²) in [5.74, 6) is -0.843. The number of hydrogen-bond acceptors (Lipinski definition) is 3. The van der Waals surface area contributed by atoms with Gasteiger partial charge in [0.2, 0.25) is 5.91 Å². The van der Waals surface area contributed by atoms with Crippen LogP contribution in [0, 0.1) is 5.82 Å². The van der Waals surface area contributed by atoms with E-state index in [2.05, 4.69) is 10.1 Å². The largest absolute Gasteiger partial charge is 0.375 e. The number of alkyl halides is 2. The average Bonchev–Trinajstić information content (AvgIpc) is 2.37. The highest BCUT2D eigenvalue weighted by atomic mass is 19.3. The smallest absolute Gasteiger partial charge is 0.261 e. The Kier molecular flexibility index (Phi) is 6.31. The zero-order chi connectivity index (χ0) is 14.3. The lowest BCUT2D eigenvalue weighted by atomic mass is 10.2. The lowest BCUT2D eigenvalue weighted by Crippen LogP contribution is -2.16. The summed E-state index contributed by atoms with van der Waals surface area (Å²) in [4.78, 5) is 11.4. The Morgan fingerprint density at radius 2 is 2.16 bits per heavy atom. The fourth-order valence-electron chi connectivity index (χ4n) is 1.37. The molecule has 4 nitrogen and oxygen atoms in total. The van der Waals surface area contributed by atoms with Crippen molar-refractivity contribution in [2.45, 2.75) is 19.4 Å². The molecule has 1 aromatic rings. The maximum atomic E-state index is 13.1. The number of halogens is 3. The summed E-state index contributed by atoms with van der Waals surface area (Å²) in [6.45, 7) is -0.769. The van der Waals surface area contributed by atoms with Crippen LogP contribution in [0.3, 0.4) is 0 Å². The van der Waals surface area contributed by atoms with Crippen LogP contribution in [0.25, 0.3) is 0 Å². The summed E-state index contributed by atoms with van der Waals surface area (Å²) in [6, 6.07) is 4.02. The van der Waals surface area contributed by atoms with Crippen LogP contribution in [0.4, 0.5) is 18.9 Å². The van der Waals surface area contributed by atoms with Crippen LogP contribution >= 0.6 is 0 Å². The van der Waals surface area contributed by atoms with Gasteiger partial charge >= 0.3 is 0 Å². The first kappa shape index (κ1) is 15.5. The summed E-state index contributed by atoms with van der Waals surface area (Å²) >= 11 is 0. The van der Waals surface area contributed by atoms with Gasteiger partial charge < -0.3 is 15.8 Å². The van der Waals surface area contributed by atoms with Gasteiger partial charge in [-0.25, -0.2) is 13.2 Å². The molecule has 0 spiro atoms. The van der Waals surface area contributed by atoms with Crippen molar-refractivity contribution in [3.63, 3.8) is 0 Å². The van der Waals surface area contributed by atoms with Crippen LogP contribution in [-0.2, 0) is 16.1 Å². The molecule has 0 aliphatic rings. The predicted octanol–water partition coefficient (Wildman–Crippen LogP) is 1.89. The minimum atomic E-state index is -2.55. The molecule has 0 aliphatic carbocycles. The van der Waals surface area contributed by atoms with Gasteiger partial charge in [0, 0.05) is 17.8 Å². The monoisotopic (exact) mass is 276 g/mol. The lowest BCUT2D eigenvalue weighted by Gasteiger charge is -2.08. The van der Waals surface area contributed by atoms with E-state index in [0.29, 0.717) is 5.69 Å². The molecule has 106 valence electrons. The number of hydrogen-bond donors (Lipinski definition) is 2. The number of anilines is 1. The van der Waals surface area contributed by atoms with Crippen molar-refractivity contribution in [1.82, 2.24) is 0 Å². The zero-order valence-corrected chi connectivity index (χ0v) is 10.2.